The third-order valence-corrected chi connectivity index (χ3v) is 4.14. The molecule has 29 heavy (non-hydrogen) atoms. The molecular weight excluding hydrogens is 368 g/mol. The molecule has 1 aromatic heterocycles. The molecule has 0 bridgehead atoms. The van der Waals surface area contributed by atoms with Crippen LogP contribution in [0.25, 0.3) is 0 Å². The first-order valence-electron chi connectivity index (χ1n) is 9.31. The highest BCUT2D eigenvalue weighted by Gasteiger charge is 2.08. The van der Waals surface area contributed by atoms with Gasteiger partial charge in [-0.05, 0) is 42.8 Å². The summed E-state index contributed by atoms with van der Waals surface area (Å²) in [6.45, 7) is 3.40. The number of rotatable bonds is 9. The van der Waals surface area contributed by atoms with Gasteiger partial charge in [-0.2, -0.15) is 0 Å². The van der Waals surface area contributed by atoms with E-state index in [1.807, 2.05) is 55.5 Å². The van der Waals surface area contributed by atoms with Gasteiger partial charge in [0, 0.05) is 12.7 Å². The van der Waals surface area contributed by atoms with E-state index in [9.17, 15) is 4.79 Å². The molecule has 3 rings (SSSR count). The number of anilines is 1. The zero-order valence-electron chi connectivity index (χ0n) is 16.5. The van der Waals surface area contributed by atoms with Crippen LogP contribution < -0.4 is 20.1 Å². The summed E-state index contributed by atoms with van der Waals surface area (Å²) in [5.74, 6) is 1.66. The lowest BCUT2D eigenvalue weighted by Crippen LogP contribution is -2.24. The number of carbonyl (C=O) groups is 1. The summed E-state index contributed by atoms with van der Waals surface area (Å²) in [7, 11) is 1.62. The average Bonchev–Trinajstić information content (AvgIpc) is 2.76. The zero-order valence-corrected chi connectivity index (χ0v) is 16.5. The molecule has 1 amide bonds. The molecule has 3 aromatic rings. The first kappa shape index (κ1) is 20.1. The second-order valence-electron chi connectivity index (χ2n) is 6.39. The van der Waals surface area contributed by atoms with Gasteiger partial charge < -0.3 is 20.1 Å². The Morgan fingerprint density at radius 1 is 1.07 bits per heavy atom. The molecule has 0 atom stereocenters. The number of aryl methyl sites for hydroxylation is 1. The van der Waals surface area contributed by atoms with Crippen molar-refractivity contribution in [3.05, 3.63) is 77.6 Å². The molecule has 0 unspecified atom stereocenters. The topological polar surface area (TPSA) is 85.4 Å². The summed E-state index contributed by atoms with van der Waals surface area (Å²) >= 11 is 0. The van der Waals surface area contributed by atoms with E-state index < -0.39 is 0 Å². The summed E-state index contributed by atoms with van der Waals surface area (Å²) < 4.78 is 10.8. The molecular formula is C22H24N4O3. The van der Waals surface area contributed by atoms with Crippen LogP contribution in [0.1, 0.15) is 21.6 Å². The average molecular weight is 392 g/mol. The van der Waals surface area contributed by atoms with Crippen LogP contribution in [0.15, 0.2) is 60.8 Å². The van der Waals surface area contributed by atoms with Crippen LogP contribution in [0.4, 0.5) is 5.95 Å². The fraction of sp³-hybridized carbons (Fsp3) is 0.227. The van der Waals surface area contributed by atoms with Gasteiger partial charge in [-0.15, -0.1) is 0 Å². The van der Waals surface area contributed by atoms with Crippen molar-refractivity contribution in [2.75, 3.05) is 25.6 Å². The van der Waals surface area contributed by atoms with Crippen molar-refractivity contribution in [2.24, 2.45) is 0 Å². The third-order valence-electron chi connectivity index (χ3n) is 4.14. The highest BCUT2D eigenvalue weighted by Crippen LogP contribution is 2.16. The number of hydrogen-bond donors (Lipinski definition) is 2. The van der Waals surface area contributed by atoms with Crippen molar-refractivity contribution in [3.8, 4) is 11.5 Å². The Morgan fingerprint density at radius 2 is 1.86 bits per heavy atom. The maximum Gasteiger partial charge on any atom is 0.270 e. The standard InChI is InChI=1S/C22H24N4O3/c1-16-4-3-5-17(14-16)15-25-21(27)20-10-11-23-22(26-20)24-12-13-29-19-8-6-18(28-2)7-9-19/h3-11,14H,12-13,15H2,1-2H3,(H,25,27)(H,23,24,26). The van der Waals surface area contributed by atoms with Gasteiger partial charge in [-0.3, -0.25) is 4.79 Å². The number of carbonyl (C=O) groups excluding carboxylic acids is 1. The molecule has 2 aromatic carbocycles. The van der Waals surface area contributed by atoms with E-state index in [0.29, 0.717) is 31.3 Å². The van der Waals surface area contributed by atoms with E-state index in [-0.39, 0.29) is 5.91 Å². The van der Waals surface area contributed by atoms with Crippen molar-refractivity contribution in [2.45, 2.75) is 13.5 Å². The van der Waals surface area contributed by atoms with Crippen LogP contribution in [0, 0.1) is 6.92 Å². The number of nitrogens with zero attached hydrogens (tertiary/aromatic N) is 2. The lowest BCUT2D eigenvalue weighted by atomic mass is 10.1. The molecule has 150 valence electrons. The van der Waals surface area contributed by atoms with Gasteiger partial charge in [0.05, 0.1) is 13.7 Å². The fourth-order valence-corrected chi connectivity index (χ4v) is 2.67. The molecule has 0 saturated heterocycles. The fourth-order valence-electron chi connectivity index (χ4n) is 2.67. The Labute approximate surface area is 170 Å². The molecule has 2 N–H and O–H groups in total. The SMILES string of the molecule is COc1ccc(OCCNc2nccc(C(=O)NCc3cccc(C)c3)n2)cc1. The predicted molar refractivity (Wildman–Crippen MR) is 111 cm³/mol. The molecule has 0 radical (unpaired) electrons. The van der Waals surface area contributed by atoms with Crippen LogP contribution >= 0.6 is 0 Å². The third kappa shape index (κ3) is 6.21. The Hall–Kier alpha value is -3.61. The zero-order chi connectivity index (χ0) is 20.5. The lowest BCUT2D eigenvalue weighted by Gasteiger charge is -2.09. The molecule has 7 heteroatoms. The Balaban J connectivity index is 1.46. The van der Waals surface area contributed by atoms with E-state index in [2.05, 4.69) is 20.6 Å². The number of ether oxygens (including phenoxy) is 2. The summed E-state index contributed by atoms with van der Waals surface area (Å²) in [4.78, 5) is 20.8. The first-order chi connectivity index (χ1) is 14.1. The lowest BCUT2D eigenvalue weighted by molar-refractivity contribution is 0.0946. The van der Waals surface area contributed by atoms with Crippen molar-refractivity contribution >= 4 is 11.9 Å². The predicted octanol–water partition coefficient (Wildman–Crippen LogP) is 3.21. The molecule has 0 aliphatic heterocycles. The van der Waals surface area contributed by atoms with Gasteiger partial charge in [-0.1, -0.05) is 29.8 Å². The molecule has 0 saturated carbocycles. The first-order valence-corrected chi connectivity index (χ1v) is 9.31. The minimum absolute atomic E-state index is 0.244. The van der Waals surface area contributed by atoms with Gasteiger partial charge in [0.25, 0.3) is 5.91 Å². The van der Waals surface area contributed by atoms with Crippen LogP contribution in [-0.2, 0) is 6.54 Å². The van der Waals surface area contributed by atoms with Gasteiger partial charge in [0.2, 0.25) is 5.95 Å². The van der Waals surface area contributed by atoms with E-state index in [1.54, 1.807) is 19.4 Å². The van der Waals surface area contributed by atoms with E-state index in [1.165, 1.54) is 0 Å². The number of amides is 1. The van der Waals surface area contributed by atoms with E-state index in [0.717, 1.165) is 22.6 Å². The number of methoxy groups -OCH3 is 1. The van der Waals surface area contributed by atoms with Crippen molar-refractivity contribution in [3.63, 3.8) is 0 Å². The van der Waals surface area contributed by atoms with Gasteiger partial charge in [0.15, 0.2) is 0 Å². The maximum absolute atomic E-state index is 12.4. The van der Waals surface area contributed by atoms with Crippen molar-refractivity contribution in [1.82, 2.24) is 15.3 Å². The molecule has 7 nitrogen and oxygen atoms in total. The number of benzene rings is 2. The monoisotopic (exact) mass is 392 g/mol. The van der Waals surface area contributed by atoms with Crippen LogP contribution in [0.3, 0.4) is 0 Å². The summed E-state index contributed by atoms with van der Waals surface area (Å²) in [6, 6.07) is 17.0. The molecule has 0 spiro atoms. The van der Waals surface area contributed by atoms with Crippen LogP contribution in [-0.4, -0.2) is 36.1 Å². The quantitative estimate of drug-likeness (QED) is 0.544. The van der Waals surface area contributed by atoms with E-state index >= 15 is 0 Å². The summed E-state index contributed by atoms with van der Waals surface area (Å²) in [5.41, 5.74) is 2.51. The summed E-state index contributed by atoms with van der Waals surface area (Å²) in [6.07, 6.45) is 1.56. The second kappa shape index (κ2) is 10.1. The molecule has 0 fully saturated rings. The van der Waals surface area contributed by atoms with E-state index in [4.69, 9.17) is 9.47 Å². The Bertz CT molecular complexity index is 945. The van der Waals surface area contributed by atoms with Crippen molar-refractivity contribution < 1.29 is 14.3 Å². The van der Waals surface area contributed by atoms with Crippen molar-refractivity contribution in [1.29, 1.82) is 0 Å². The Kier molecular flexibility index (Phi) is 7.00. The number of hydrogen-bond acceptors (Lipinski definition) is 6. The molecule has 1 heterocycles. The normalized spacial score (nSPS) is 10.3. The summed E-state index contributed by atoms with van der Waals surface area (Å²) in [5, 5.41) is 5.94. The Morgan fingerprint density at radius 3 is 2.62 bits per heavy atom. The van der Waals surface area contributed by atoms with Crippen LogP contribution in [0.5, 0.6) is 11.5 Å². The largest absolute Gasteiger partial charge is 0.497 e. The number of nitrogens with one attached hydrogen (secondary N) is 2. The maximum atomic E-state index is 12.4. The minimum atomic E-state index is -0.244. The molecule has 0 aliphatic rings. The molecule has 0 aliphatic carbocycles. The van der Waals surface area contributed by atoms with Gasteiger partial charge >= 0.3 is 0 Å². The minimum Gasteiger partial charge on any atom is -0.497 e. The van der Waals surface area contributed by atoms with Gasteiger partial charge in [0.1, 0.15) is 23.8 Å². The number of aromatic nitrogens is 2. The highest BCUT2D eigenvalue weighted by molar-refractivity contribution is 5.92. The second-order valence-corrected chi connectivity index (χ2v) is 6.39. The van der Waals surface area contributed by atoms with Gasteiger partial charge in [-0.25, -0.2) is 9.97 Å². The smallest absolute Gasteiger partial charge is 0.270 e. The highest BCUT2D eigenvalue weighted by atomic mass is 16.5. The van der Waals surface area contributed by atoms with Crippen LogP contribution in [0.2, 0.25) is 0 Å².